The molecule has 2 atom stereocenters. The summed E-state index contributed by atoms with van der Waals surface area (Å²) in [5.41, 5.74) is 1.90. The molecule has 1 saturated heterocycles. The lowest BCUT2D eigenvalue weighted by molar-refractivity contribution is -0.123. The Kier molecular flexibility index (Phi) is 8.91. The van der Waals surface area contributed by atoms with E-state index < -0.39 is 12.1 Å². The maximum atomic E-state index is 13.5. The average Bonchev–Trinajstić information content (AvgIpc) is 3.75. The number of nitrogens with one attached hydrogen (secondary N) is 3. The summed E-state index contributed by atoms with van der Waals surface area (Å²) >= 11 is 1.41. The van der Waals surface area contributed by atoms with Crippen LogP contribution in [0.5, 0.6) is 17.2 Å². The van der Waals surface area contributed by atoms with E-state index in [0.29, 0.717) is 52.4 Å². The molecular weight excluding hydrogens is 600 g/mol. The molecule has 0 radical (unpaired) electrons. The summed E-state index contributed by atoms with van der Waals surface area (Å²) in [6.07, 6.45) is 1.43. The number of methoxy groups -OCH3 is 1. The molecule has 4 bridgehead atoms. The summed E-state index contributed by atoms with van der Waals surface area (Å²) in [5.74, 6) is 1.86. The van der Waals surface area contributed by atoms with Gasteiger partial charge in [0.2, 0.25) is 0 Å². The third-order valence-electron chi connectivity index (χ3n) is 7.60. The number of carbonyl (C=O) groups is 3. The van der Waals surface area contributed by atoms with Gasteiger partial charge in [-0.1, -0.05) is 17.8 Å². The minimum Gasteiger partial charge on any atom is -0.496 e. The number of amides is 3. The Bertz CT molecular complexity index is 1690. The highest BCUT2D eigenvalue weighted by Gasteiger charge is 2.36. The van der Waals surface area contributed by atoms with Crippen LogP contribution in [0.25, 0.3) is 0 Å². The number of aromatic amines is 1. The van der Waals surface area contributed by atoms with E-state index in [1.165, 1.54) is 18.1 Å². The molecule has 14 heteroatoms. The Balaban J connectivity index is 1.24. The highest BCUT2D eigenvalue weighted by atomic mass is 32.2. The number of H-pyrrole nitrogens is 1. The maximum absolute atomic E-state index is 13.5. The van der Waals surface area contributed by atoms with Gasteiger partial charge in [0.25, 0.3) is 17.7 Å². The second kappa shape index (κ2) is 13.3. The fraction of sp³-hybridized carbons (Fsp3) is 0.323. The van der Waals surface area contributed by atoms with Gasteiger partial charge in [0, 0.05) is 43.2 Å². The summed E-state index contributed by atoms with van der Waals surface area (Å²) in [6.45, 7) is 2.44. The molecule has 234 valence electrons. The standard InChI is InChI=1S/C31H32N6O7S/c1-18-3-4-19-11-26(18)42-15-28(38)32-13-20-5-6-21(12-27(20)41-2)43-24-9-10-37(14-23(24)35-29(19)39)30(40)25-8-7-22(44-25)16-45-31-33-17-34-36-31/h3-8,11-12,17,23-24H,9-10,13-16H2,1-2H3,(H,32,38)(H,35,39)(H,33,34,36)/t23-,24+/m0/s1. The number of rotatable bonds is 5. The summed E-state index contributed by atoms with van der Waals surface area (Å²) in [7, 11) is 1.55. The van der Waals surface area contributed by atoms with Crippen LogP contribution in [0.4, 0.5) is 0 Å². The van der Waals surface area contributed by atoms with Gasteiger partial charge in [-0.2, -0.15) is 5.10 Å². The quantitative estimate of drug-likeness (QED) is 0.279. The predicted octanol–water partition coefficient (Wildman–Crippen LogP) is 3.11. The fourth-order valence-electron chi connectivity index (χ4n) is 5.18. The van der Waals surface area contributed by atoms with Gasteiger partial charge in [0.15, 0.2) is 17.5 Å². The maximum Gasteiger partial charge on any atom is 0.289 e. The molecule has 2 aromatic carbocycles. The Morgan fingerprint density at radius 2 is 2.04 bits per heavy atom. The number of benzene rings is 2. The molecule has 0 unspecified atom stereocenters. The van der Waals surface area contributed by atoms with Crippen molar-refractivity contribution in [3.8, 4) is 17.2 Å². The number of aryl methyl sites for hydroxylation is 1. The molecule has 0 spiro atoms. The van der Waals surface area contributed by atoms with Crippen molar-refractivity contribution < 1.29 is 33.0 Å². The van der Waals surface area contributed by atoms with Gasteiger partial charge in [-0.05, 0) is 48.9 Å². The molecule has 3 amide bonds. The third-order valence-corrected chi connectivity index (χ3v) is 8.50. The Hall–Kier alpha value is -4.98. The SMILES string of the molecule is COc1cc2ccc1CNC(=O)COc1cc(ccc1C)C(=O)N[C@H]1CN(C(=O)c3ccc(CSc4ncn[nH]4)o3)CC[C@H]1O2. The van der Waals surface area contributed by atoms with Gasteiger partial charge in [-0.25, -0.2) is 4.98 Å². The van der Waals surface area contributed by atoms with Crippen LogP contribution in [0, 0.1) is 6.92 Å². The molecule has 5 heterocycles. The van der Waals surface area contributed by atoms with E-state index in [0.717, 1.165) is 11.1 Å². The number of fused-ring (bicyclic) bond motifs is 7. The van der Waals surface area contributed by atoms with Crippen LogP contribution in [0.2, 0.25) is 0 Å². The van der Waals surface area contributed by atoms with Crippen LogP contribution in [0.3, 0.4) is 0 Å². The van der Waals surface area contributed by atoms with Gasteiger partial charge in [-0.15, -0.1) is 0 Å². The van der Waals surface area contributed by atoms with Gasteiger partial charge < -0.3 is 34.2 Å². The summed E-state index contributed by atoms with van der Waals surface area (Å²) in [4.78, 5) is 45.3. The van der Waals surface area contributed by atoms with Crippen molar-refractivity contribution in [3.63, 3.8) is 0 Å². The zero-order valence-electron chi connectivity index (χ0n) is 24.7. The minimum atomic E-state index is -0.554. The topological polar surface area (TPSA) is 161 Å². The number of thioether (sulfide) groups is 1. The molecule has 7 rings (SSSR count). The summed E-state index contributed by atoms with van der Waals surface area (Å²) in [6, 6.07) is 13.3. The molecule has 3 aliphatic rings. The van der Waals surface area contributed by atoms with Crippen LogP contribution in [0.15, 0.2) is 64.4 Å². The van der Waals surface area contributed by atoms with Crippen molar-refractivity contribution in [3.05, 3.63) is 83.1 Å². The number of aromatic nitrogens is 3. The van der Waals surface area contributed by atoms with Crippen LogP contribution < -0.4 is 24.8 Å². The lowest BCUT2D eigenvalue weighted by Crippen LogP contribution is -2.58. The lowest BCUT2D eigenvalue weighted by Gasteiger charge is -2.38. The number of hydrogen-bond acceptors (Lipinski definition) is 10. The van der Waals surface area contributed by atoms with E-state index in [-0.39, 0.29) is 43.2 Å². The van der Waals surface area contributed by atoms with E-state index >= 15 is 0 Å². The zero-order valence-corrected chi connectivity index (χ0v) is 25.5. The second-order valence-corrected chi connectivity index (χ2v) is 11.6. The van der Waals surface area contributed by atoms with Crippen molar-refractivity contribution >= 4 is 29.5 Å². The molecule has 3 N–H and O–H groups in total. The summed E-state index contributed by atoms with van der Waals surface area (Å²) in [5, 5.41) is 13.2. The van der Waals surface area contributed by atoms with Gasteiger partial charge >= 0.3 is 0 Å². The molecule has 1 fully saturated rings. The predicted molar refractivity (Wildman–Crippen MR) is 162 cm³/mol. The zero-order chi connectivity index (χ0) is 31.3. The molecule has 0 aliphatic carbocycles. The van der Waals surface area contributed by atoms with Crippen molar-refractivity contribution in [1.29, 1.82) is 0 Å². The number of likely N-dealkylation sites (tertiary alicyclic amines) is 1. The number of ether oxygens (including phenoxy) is 3. The molecule has 3 aliphatic heterocycles. The first kappa shape index (κ1) is 30.1. The van der Waals surface area contributed by atoms with Crippen molar-refractivity contribution in [2.24, 2.45) is 0 Å². The molecule has 0 saturated carbocycles. The number of carbonyl (C=O) groups excluding carboxylic acids is 3. The van der Waals surface area contributed by atoms with Crippen LogP contribution in [-0.4, -0.2) is 76.8 Å². The van der Waals surface area contributed by atoms with Gasteiger partial charge in [0.05, 0.1) is 18.9 Å². The molecule has 45 heavy (non-hydrogen) atoms. The monoisotopic (exact) mass is 632 g/mol. The highest BCUT2D eigenvalue weighted by molar-refractivity contribution is 7.98. The normalized spacial score (nSPS) is 18.6. The van der Waals surface area contributed by atoms with Crippen LogP contribution in [0.1, 0.15) is 44.2 Å². The molecular formula is C31H32N6O7S. The van der Waals surface area contributed by atoms with Crippen molar-refractivity contribution in [1.82, 2.24) is 30.7 Å². The second-order valence-electron chi connectivity index (χ2n) is 10.6. The van der Waals surface area contributed by atoms with E-state index in [4.69, 9.17) is 18.6 Å². The first-order valence-corrected chi connectivity index (χ1v) is 15.4. The number of nitrogens with zero attached hydrogens (tertiary/aromatic N) is 3. The van der Waals surface area contributed by atoms with Crippen molar-refractivity contribution in [2.75, 3.05) is 26.8 Å². The van der Waals surface area contributed by atoms with E-state index in [2.05, 4.69) is 25.8 Å². The molecule has 13 nitrogen and oxygen atoms in total. The van der Waals surface area contributed by atoms with Crippen LogP contribution in [-0.2, 0) is 17.1 Å². The minimum absolute atomic E-state index is 0.195. The van der Waals surface area contributed by atoms with Gasteiger partial charge in [0.1, 0.15) is 35.4 Å². The number of furan rings is 1. The average molecular weight is 633 g/mol. The fourth-order valence-corrected chi connectivity index (χ4v) is 5.85. The van der Waals surface area contributed by atoms with Crippen molar-refractivity contribution in [2.45, 2.75) is 42.9 Å². The van der Waals surface area contributed by atoms with Gasteiger partial charge in [-0.3, -0.25) is 19.5 Å². The molecule has 2 aromatic heterocycles. The largest absolute Gasteiger partial charge is 0.496 e. The number of piperidine rings is 1. The first-order chi connectivity index (χ1) is 21.9. The van der Waals surface area contributed by atoms with E-state index in [9.17, 15) is 14.4 Å². The number of hydrogen-bond donors (Lipinski definition) is 3. The molecule has 4 aromatic rings. The van der Waals surface area contributed by atoms with E-state index in [1.807, 2.05) is 13.0 Å². The summed E-state index contributed by atoms with van der Waals surface area (Å²) < 4.78 is 23.6. The van der Waals surface area contributed by atoms with E-state index in [1.54, 1.807) is 54.5 Å². The highest BCUT2D eigenvalue weighted by Crippen LogP contribution is 2.29. The Morgan fingerprint density at radius 1 is 1.16 bits per heavy atom. The lowest BCUT2D eigenvalue weighted by atomic mass is 10.0. The first-order valence-electron chi connectivity index (χ1n) is 14.4. The Morgan fingerprint density at radius 3 is 2.87 bits per heavy atom. The third kappa shape index (κ3) is 7.06. The Labute approximate surface area is 263 Å². The smallest absolute Gasteiger partial charge is 0.289 e. The van der Waals surface area contributed by atoms with Crippen LogP contribution >= 0.6 is 11.8 Å².